The van der Waals surface area contributed by atoms with Crippen LogP contribution in [0.25, 0.3) is 0 Å². The maximum atomic E-state index is 14.8. The largest absolute Gasteiger partial charge is 0.369 e. The molecular weight excluding hydrogens is 379 g/mol. The van der Waals surface area contributed by atoms with Gasteiger partial charge in [0.05, 0.1) is 18.0 Å². The van der Waals surface area contributed by atoms with Crippen LogP contribution in [0.5, 0.6) is 0 Å². The summed E-state index contributed by atoms with van der Waals surface area (Å²) in [6, 6.07) is 8.79. The van der Waals surface area contributed by atoms with Crippen molar-refractivity contribution in [2.75, 3.05) is 31.1 Å². The first-order valence-electron chi connectivity index (χ1n) is 11.6. The average molecular weight is 411 g/mol. The van der Waals surface area contributed by atoms with E-state index in [4.69, 9.17) is 0 Å². The zero-order valence-corrected chi connectivity index (χ0v) is 17.5. The number of hydrogen-bond acceptors (Lipinski definition) is 5. The van der Waals surface area contributed by atoms with E-state index >= 15 is 0 Å². The molecule has 0 aromatic heterocycles. The molecule has 2 saturated carbocycles. The number of carbonyl (C=O) groups excluding carboxylic acids is 1. The van der Waals surface area contributed by atoms with Crippen molar-refractivity contribution in [3.05, 3.63) is 29.6 Å². The molecule has 1 aromatic carbocycles. The zero-order valence-electron chi connectivity index (χ0n) is 17.5. The molecular formula is C24H31FN4O. The van der Waals surface area contributed by atoms with Gasteiger partial charge in [0.1, 0.15) is 5.82 Å². The van der Waals surface area contributed by atoms with Crippen molar-refractivity contribution in [1.82, 2.24) is 10.2 Å². The number of halogens is 1. The Morgan fingerprint density at radius 2 is 2.00 bits per heavy atom. The molecule has 1 N–H and O–H groups in total. The van der Waals surface area contributed by atoms with Gasteiger partial charge >= 0.3 is 0 Å². The van der Waals surface area contributed by atoms with Crippen LogP contribution in [0.4, 0.5) is 10.1 Å². The summed E-state index contributed by atoms with van der Waals surface area (Å²) in [4.78, 5) is 17.5. The van der Waals surface area contributed by atoms with E-state index in [1.807, 2.05) is 12.1 Å². The topological polar surface area (TPSA) is 59.4 Å². The fraction of sp³-hybridized carbons (Fsp3) is 0.667. The van der Waals surface area contributed by atoms with Crippen LogP contribution in [0.3, 0.4) is 0 Å². The van der Waals surface area contributed by atoms with Gasteiger partial charge in [-0.25, -0.2) is 4.39 Å². The first-order valence-corrected chi connectivity index (χ1v) is 11.6. The van der Waals surface area contributed by atoms with Gasteiger partial charge in [-0.15, -0.1) is 0 Å². The van der Waals surface area contributed by atoms with Crippen LogP contribution in [-0.2, 0) is 11.2 Å². The second-order valence-corrected chi connectivity index (χ2v) is 9.64. The van der Waals surface area contributed by atoms with E-state index in [-0.39, 0.29) is 24.1 Å². The van der Waals surface area contributed by atoms with Crippen molar-refractivity contribution in [2.24, 2.45) is 11.8 Å². The average Bonchev–Trinajstić information content (AvgIpc) is 3.40. The number of nitriles is 1. The van der Waals surface area contributed by atoms with Crippen molar-refractivity contribution >= 4 is 11.5 Å². The number of rotatable bonds is 7. The van der Waals surface area contributed by atoms with Crippen molar-refractivity contribution < 1.29 is 9.18 Å². The molecule has 5 nitrogen and oxygen atoms in total. The Labute approximate surface area is 178 Å². The number of benzene rings is 1. The minimum absolute atomic E-state index is 0.0962. The van der Waals surface area contributed by atoms with Crippen LogP contribution in [-0.4, -0.2) is 55.0 Å². The lowest BCUT2D eigenvalue weighted by atomic mass is 9.88. The first kappa shape index (κ1) is 20.0. The maximum Gasteiger partial charge on any atom is 0.151 e. The number of piperazine rings is 1. The van der Waals surface area contributed by atoms with Gasteiger partial charge in [0.15, 0.2) is 5.78 Å². The number of nitrogens with zero attached hydrogens (tertiary/aromatic N) is 3. The van der Waals surface area contributed by atoms with E-state index in [2.05, 4.69) is 21.2 Å². The highest BCUT2D eigenvalue weighted by atomic mass is 19.1. The standard InChI is InChI=1S/C24H31FN4O/c25-22-14-21(29-9-7-28(8-10-29)20-5-6-20)4-2-17(22)11-16(15-26)12-23(30)24-18-1-3-19(13-18)27-24/h2,4,14,16,18-20,24,27H,1,3,5-13H2/t16-,18+,19-,24+/m1/s1. The molecule has 6 heteroatoms. The van der Waals surface area contributed by atoms with Crippen molar-refractivity contribution in [2.45, 2.75) is 63.1 Å². The van der Waals surface area contributed by atoms with E-state index < -0.39 is 5.92 Å². The SMILES string of the molecule is N#C[C@@H](CC(=O)[C@H]1N[C@@H]2CC[C@H]1C2)Cc1ccc(N2CCN(C3CC3)CC2)cc1F. The van der Waals surface area contributed by atoms with Gasteiger partial charge in [-0.05, 0) is 62.1 Å². The highest BCUT2D eigenvalue weighted by Gasteiger charge is 2.42. The molecule has 4 fully saturated rings. The summed E-state index contributed by atoms with van der Waals surface area (Å²) < 4.78 is 14.8. The second-order valence-electron chi connectivity index (χ2n) is 9.64. The predicted molar refractivity (Wildman–Crippen MR) is 114 cm³/mol. The molecule has 30 heavy (non-hydrogen) atoms. The monoisotopic (exact) mass is 410 g/mol. The summed E-state index contributed by atoms with van der Waals surface area (Å²) in [5, 5.41) is 13.0. The van der Waals surface area contributed by atoms with Crippen LogP contribution in [0.2, 0.25) is 0 Å². The maximum absolute atomic E-state index is 14.8. The highest BCUT2D eigenvalue weighted by molar-refractivity contribution is 5.85. The molecule has 160 valence electrons. The summed E-state index contributed by atoms with van der Waals surface area (Å²) in [5.41, 5.74) is 1.46. The van der Waals surface area contributed by atoms with E-state index in [0.29, 0.717) is 23.9 Å². The van der Waals surface area contributed by atoms with Crippen LogP contribution in [0, 0.1) is 29.0 Å². The molecule has 2 bridgehead atoms. The summed E-state index contributed by atoms with van der Waals surface area (Å²) in [6.07, 6.45) is 6.50. The quantitative estimate of drug-likeness (QED) is 0.749. The van der Waals surface area contributed by atoms with Gasteiger partial charge in [-0.1, -0.05) is 6.07 Å². The minimum Gasteiger partial charge on any atom is -0.369 e. The third-order valence-corrected chi connectivity index (χ3v) is 7.58. The number of piperidine rings is 1. The smallest absolute Gasteiger partial charge is 0.151 e. The summed E-state index contributed by atoms with van der Waals surface area (Å²) >= 11 is 0. The fourth-order valence-electron chi connectivity index (χ4n) is 5.70. The number of Topliss-reactive ketones (excluding diaryl/α,β-unsaturated/α-hetero) is 1. The third kappa shape index (κ3) is 4.10. The predicted octanol–water partition coefficient (Wildman–Crippen LogP) is 2.89. The lowest BCUT2D eigenvalue weighted by molar-refractivity contribution is -0.122. The Bertz CT molecular complexity index is 840. The Morgan fingerprint density at radius 3 is 2.60 bits per heavy atom. The van der Waals surface area contributed by atoms with E-state index in [9.17, 15) is 14.4 Å². The molecule has 5 rings (SSSR count). The number of ketones is 1. The van der Waals surface area contributed by atoms with Crippen LogP contribution < -0.4 is 10.2 Å². The number of hydrogen-bond donors (Lipinski definition) is 1. The van der Waals surface area contributed by atoms with Crippen LogP contribution >= 0.6 is 0 Å². The molecule has 2 aliphatic carbocycles. The Balaban J connectivity index is 1.18. The van der Waals surface area contributed by atoms with Gasteiger partial charge in [0, 0.05) is 50.4 Å². The second kappa shape index (κ2) is 8.28. The molecule has 0 unspecified atom stereocenters. The summed E-state index contributed by atoms with van der Waals surface area (Å²) in [5.74, 6) is -0.179. The lowest BCUT2D eigenvalue weighted by Crippen LogP contribution is -2.47. The number of anilines is 1. The van der Waals surface area contributed by atoms with E-state index in [1.165, 1.54) is 12.8 Å². The summed E-state index contributed by atoms with van der Waals surface area (Å²) in [6.45, 7) is 3.95. The van der Waals surface area contributed by atoms with Crippen molar-refractivity contribution in [1.29, 1.82) is 5.26 Å². The van der Waals surface area contributed by atoms with Crippen molar-refractivity contribution in [3.8, 4) is 6.07 Å². The molecule has 4 aliphatic rings. The van der Waals surface area contributed by atoms with Gasteiger partial charge < -0.3 is 10.2 Å². The summed E-state index contributed by atoms with van der Waals surface area (Å²) in [7, 11) is 0. The normalized spacial score (nSPS) is 29.7. The zero-order chi connectivity index (χ0) is 20.7. The number of nitrogens with one attached hydrogen (secondary N) is 1. The molecule has 2 heterocycles. The van der Waals surface area contributed by atoms with E-state index in [1.54, 1.807) is 6.07 Å². The number of fused-ring (bicyclic) bond motifs is 2. The molecule has 1 aromatic rings. The molecule has 2 saturated heterocycles. The molecule has 0 spiro atoms. The van der Waals surface area contributed by atoms with Gasteiger partial charge in [-0.2, -0.15) is 5.26 Å². The number of carbonyl (C=O) groups is 1. The fourth-order valence-corrected chi connectivity index (χ4v) is 5.70. The van der Waals surface area contributed by atoms with Crippen LogP contribution in [0.15, 0.2) is 18.2 Å². The Hall–Kier alpha value is -1.97. The molecule has 0 amide bonds. The lowest BCUT2D eigenvalue weighted by Gasteiger charge is -2.36. The first-order chi connectivity index (χ1) is 14.6. The highest BCUT2D eigenvalue weighted by Crippen LogP contribution is 2.36. The minimum atomic E-state index is -0.471. The molecule has 4 atom stereocenters. The van der Waals surface area contributed by atoms with E-state index in [0.717, 1.165) is 57.2 Å². The van der Waals surface area contributed by atoms with Crippen LogP contribution in [0.1, 0.15) is 44.1 Å². The van der Waals surface area contributed by atoms with Crippen molar-refractivity contribution in [3.63, 3.8) is 0 Å². The van der Waals surface area contributed by atoms with Gasteiger partial charge in [-0.3, -0.25) is 9.69 Å². The third-order valence-electron chi connectivity index (χ3n) is 7.58. The molecule has 2 aliphatic heterocycles. The Morgan fingerprint density at radius 1 is 1.20 bits per heavy atom. The molecule has 0 radical (unpaired) electrons. The van der Waals surface area contributed by atoms with Gasteiger partial charge in [0.2, 0.25) is 0 Å². The Kier molecular flexibility index (Phi) is 5.51. The van der Waals surface area contributed by atoms with Gasteiger partial charge in [0.25, 0.3) is 0 Å².